The van der Waals surface area contributed by atoms with E-state index in [-0.39, 0.29) is 6.10 Å². The molecule has 0 saturated carbocycles. The van der Waals surface area contributed by atoms with Crippen molar-refractivity contribution in [2.24, 2.45) is 0 Å². The van der Waals surface area contributed by atoms with Crippen molar-refractivity contribution in [3.63, 3.8) is 0 Å². The molecule has 0 atom stereocenters. The van der Waals surface area contributed by atoms with Crippen LogP contribution in [-0.2, 0) is 6.54 Å². The first kappa shape index (κ1) is 14.0. The topological polar surface area (TPSA) is 21.3 Å². The Morgan fingerprint density at radius 1 is 1.18 bits per heavy atom. The van der Waals surface area contributed by atoms with Crippen LogP contribution in [0.5, 0.6) is 5.75 Å². The number of hydrogen-bond donors (Lipinski definition) is 1. The number of aryl methyl sites for hydroxylation is 2. The summed E-state index contributed by atoms with van der Waals surface area (Å²) in [6.45, 7) is 12.6. The summed E-state index contributed by atoms with van der Waals surface area (Å²) in [5.74, 6) is 1.04. The molecule has 0 aliphatic carbocycles. The van der Waals surface area contributed by atoms with E-state index in [9.17, 15) is 0 Å². The average Bonchev–Trinajstić information content (AvgIpc) is 2.24. The lowest BCUT2D eigenvalue weighted by molar-refractivity contribution is 0.239. The Labute approximate surface area is 105 Å². The number of nitrogens with one attached hydrogen (secondary N) is 1. The quantitative estimate of drug-likeness (QED) is 0.761. The monoisotopic (exact) mass is 235 g/mol. The maximum absolute atomic E-state index is 5.84. The molecule has 2 nitrogen and oxygen atoms in total. The summed E-state index contributed by atoms with van der Waals surface area (Å²) >= 11 is 0. The predicted molar refractivity (Wildman–Crippen MR) is 73.7 cm³/mol. The Hall–Kier alpha value is -1.02. The smallest absolute Gasteiger partial charge is 0.125 e. The van der Waals surface area contributed by atoms with Gasteiger partial charge in [-0.3, -0.25) is 0 Å². The number of rotatable bonds is 6. The van der Waals surface area contributed by atoms with Gasteiger partial charge in [0.2, 0.25) is 0 Å². The van der Waals surface area contributed by atoms with Crippen LogP contribution in [0.1, 0.15) is 43.9 Å². The Bertz CT molecular complexity index is 335. The van der Waals surface area contributed by atoms with Gasteiger partial charge in [-0.1, -0.05) is 19.1 Å². The lowest BCUT2D eigenvalue weighted by Gasteiger charge is -2.16. The van der Waals surface area contributed by atoms with Crippen LogP contribution < -0.4 is 10.1 Å². The summed E-state index contributed by atoms with van der Waals surface area (Å²) in [5.41, 5.74) is 3.79. The van der Waals surface area contributed by atoms with E-state index in [0.29, 0.717) is 0 Å². The zero-order valence-corrected chi connectivity index (χ0v) is 11.8. The Morgan fingerprint density at radius 2 is 1.76 bits per heavy atom. The average molecular weight is 235 g/mol. The van der Waals surface area contributed by atoms with Gasteiger partial charge in [-0.25, -0.2) is 0 Å². The molecule has 0 unspecified atom stereocenters. The number of ether oxygens (including phenoxy) is 1. The van der Waals surface area contributed by atoms with Crippen molar-refractivity contribution in [1.82, 2.24) is 5.32 Å². The molecule has 0 fully saturated rings. The van der Waals surface area contributed by atoms with Crippen molar-refractivity contribution in [2.75, 3.05) is 6.54 Å². The van der Waals surface area contributed by atoms with Gasteiger partial charge in [-0.2, -0.15) is 0 Å². The second-order valence-corrected chi connectivity index (χ2v) is 4.90. The van der Waals surface area contributed by atoms with E-state index in [1.165, 1.54) is 23.1 Å². The molecule has 1 aromatic carbocycles. The van der Waals surface area contributed by atoms with E-state index < -0.39 is 0 Å². The Kier molecular flexibility index (Phi) is 5.49. The highest BCUT2D eigenvalue weighted by molar-refractivity contribution is 5.43. The van der Waals surface area contributed by atoms with Crippen LogP contribution in [-0.4, -0.2) is 12.6 Å². The molecule has 0 radical (unpaired) electrons. The minimum Gasteiger partial charge on any atom is -0.490 e. The van der Waals surface area contributed by atoms with Crippen molar-refractivity contribution in [3.8, 4) is 5.75 Å². The van der Waals surface area contributed by atoms with Crippen molar-refractivity contribution < 1.29 is 4.74 Å². The van der Waals surface area contributed by atoms with Gasteiger partial charge in [0.1, 0.15) is 5.75 Å². The van der Waals surface area contributed by atoms with Gasteiger partial charge in [0, 0.05) is 6.54 Å². The van der Waals surface area contributed by atoms with E-state index in [1.807, 2.05) is 0 Å². The fraction of sp³-hybridized carbons (Fsp3) is 0.600. The van der Waals surface area contributed by atoms with E-state index in [4.69, 9.17) is 4.74 Å². The molecule has 96 valence electrons. The van der Waals surface area contributed by atoms with Crippen LogP contribution in [0, 0.1) is 13.8 Å². The molecule has 0 bridgehead atoms. The molecule has 1 aromatic rings. The fourth-order valence-electron chi connectivity index (χ4n) is 1.97. The predicted octanol–water partition coefficient (Wildman–Crippen LogP) is 3.59. The number of hydrogen-bond acceptors (Lipinski definition) is 2. The molecule has 0 heterocycles. The maximum Gasteiger partial charge on any atom is 0.125 e. The molecule has 0 spiro atoms. The van der Waals surface area contributed by atoms with Crippen LogP contribution in [0.4, 0.5) is 0 Å². The van der Waals surface area contributed by atoms with Crippen molar-refractivity contribution in [3.05, 3.63) is 28.8 Å². The molecule has 1 N–H and O–H groups in total. The van der Waals surface area contributed by atoms with E-state index in [0.717, 1.165) is 18.8 Å². The van der Waals surface area contributed by atoms with Gasteiger partial charge in [-0.05, 0) is 57.4 Å². The van der Waals surface area contributed by atoms with E-state index in [1.54, 1.807) is 0 Å². The summed E-state index contributed by atoms with van der Waals surface area (Å²) in [4.78, 5) is 0. The lowest BCUT2D eigenvalue weighted by Crippen LogP contribution is -2.14. The normalized spacial score (nSPS) is 10.9. The van der Waals surface area contributed by atoms with Gasteiger partial charge in [0.15, 0.2) is 0 Å². The molecule has 0 amide bonds. The standard InChI is InChI=1S/C15H25NO/c1-6-7-16-10-14-8-12(4)15(13(5)9-14)17-11(2)3/h8-9,11,16H,6-7,10H2,1-5H3. The molecule has 1 rings (SSSR count). The van der Waals surface area contributed by atoms with Crippen LogP contribution >= 0.6 is 0 Å². The zero-order chi connectivity index (χ0) is 12.8. The van der Waals surface area contributed by atoms with E-state index >= 15 is 0 Å². The highest BCUT2D eigenvalue weighted by Crippen LogP contribution is 2.25. The van der Waals surface area contributed by atoms with Crippen LogP contribution in [0.3, 0.4) is 0 Å². The maximum atomic E-state index is 5.84. The van der Waals surface area contributed by atoms with Crippen LogP contribution in [0.15, 0.2) is 12.1 Å². The molecule has 0 saturated heterocycles. The first-order valence-electron chi connectivity index (χ1n) is 6.52. The summed E-state index contributed by atoms with van der Waals surface area (Å²) in [6.07, 6.45) is 1.41. The van der Waals surface area contributed by atoms with E-state index in [2.05, 4.69) is 52.1 Å². The van der Waals surface area contributed by atoms with Crippen molar-refractivity contribution in [2.45, 2.75) is 53.7 Å². The molecule has 0 aliphatic heterocycles. The minimum absolute atomic E-state index is 0.233. The van der Waals surface area contributed by atoms with Gasteiger partial charge in [-0.15, -0.1) is 0 Å². The summed E-state index contributed by atoms with van der Waals surface area (Å²) < 4.78 is 5.84. The third-order valence-corrected chi connectivity index (χ3v) is 2.63. The Balaban J connectivity index is 2.78. The number of benzene rings is 1. The second kappa shape index (κ2) is 6.65. The third kappa shape index (κ3) is 4.39. The molecular weight excluding hydrogens is 210 g/mol. The van der Waals surface area contributed by atoms with Gasteiger partial charge < -0.3 is 10.1 Å². The van der Waals surface area contributed by atoms with Crippen molar-refractivity contribution >= 4 is 0 Å². The highest BCUT2D eigenvalue weighted by atomic mass is 16.5. The van der Waals surface area contributed by atoms with Gasteiger partial charge >= 0.3 is 0 Å². The SMILES string of the molecule is CCCNCc1cc(C)c(OC(C)C)c(C)c1. The summed E-state index contributed by atoms with van der Waals surface area (Å²) in [5, 5.41) is 3.43. The first-order valence-corrected chi connectivity index (χ1v) is 6.52. The molecular formula is C15H25NO. The van der Waals surface area contributed by atoms with Gasteiger partial charge in [0.25, 0.3) is 0 Å². The minimum atomic E-state index is 0.233. The second-order valence-electron chi connectivity index (χ2n) is 4.90. The largest absolute Gasteiger partial charge is 0.490 e. The van der Waals surface area contributed by atoms with Crippen LogP contribution in [0.2, 0.25) is 0 Å². The summed E-state index contributed by atoms with van der Waals surface area (Å²) in [6, 6.07) is 4.43. The van der Waals surface area contributed by atoms with Crippen molar-refractivity contribution in [1.29, 1.82) is 0 Å². The fourth-order valence-corrected chi connectivity index (χ4v) is 1.97. The lowest BCUT2D eigenvalue weighted by atomic mass is 10.1. The molecule has 0 aliphatic rings. The zero-order valence-electron chi connectivity index (χ0n) is 11.8. The summed E-state index contributed by atoms with van der Waals surface area (Å²) in [7, 11) is 0. The van der Waals surface area contributed by atoms with Crippen LogP contribution in [0.25, 0.3) is 0 Å². The highest BCUT2D eigenvalue weighted by Gasteiger charge is 2.07. The third-order valence-electron chi connectivity index (χ3n) is 2.63. The van der Waals surface area contributed by atoms with Gasteiger partial charge in [0.05, 0.1) is 6.10 Å². The molecule has 17 heavy (non-hydrogen) atoms. The molecule has 2 heteroatoms. The molecule has 0 aromatic heterocycles. The Morgan fingerprint density at radius 3 is 2.24 bits per heavy atom. The first-order chi connectivity index (χ1) is 8.04.